The molecule has 0 saturated heterocycles. The SMILES string of the molecule is Cc1ccc(CN(Cc2ccccc2)Cc2nc(C(=O)NC(C)c3ccccc3)co2)c(C)c1. The lowest BCUT2D eigenvalue weighted by atomic mass is 10.0. The van der Waals surface area contributed by atoms with Crippen molar-refractivity contribution < 1.29 is 9.21 Å². The molecule has 4 rings (SSSR count). The zero-order chi connectivity index (χ0) is 23.9. The van der Waals surface area contributed by atoms with Crippen molar-refractivity contribution in [3.63, 3.8) is 0 Å². The van der Waals surface area contributed by atoms with E-state index in [1.165, 1.54) is 28.5 Å². The number of hydrogen-bond acceptors (Lipinski definition) is 4. The number of rotatable bonds is 9. The van der Waals surface area contributed by atoms with Crippen molar-refractivity contribution in [1.82, 2.24) is 15.2 Å². The molecule has 4 aromatic rings. The minimum Gasteiger partial charge on any atom is -0.447 e. The maximum absolute atomic E-state index is 12.7. The zero-order valence-corrected chi connectivity index (χ0v) is 20.0. The van der Waals surface area contributed by atoms with Gasteiger partial charge < -0.3 is 9.73 Å². The molecule has 1 unspecified atom stereocenters. The van der Waals surface area contributed by atoms with Crippen LogP contribution in [0.1, 0.15) is 57.2 Å². The Balaban J connectivity index is 1.47. The number of benzene rings is 3. The van der Waals surface area contributed by atoms with Gasteiger partial charge in [-0.2, -0.15) is 0 Å². The molecule has 1 atom stereocenters. The Morgan fingerprint density at radius 1 is 0.941 bits per heavy atom. The van der Waals surface area contributed by atoms with Gasteiger partial charge in [0.1, 0.15) is 6.26 Å². The normalized spacial score (nSPS) is 12.0. The van der Waals surface area contributed by atoms with Crippen LogP contribution in [0.25, 0.3) is 0 Å². The van der Waals surface area contributed by atoms with Gasteiger partial charge in [0.2, 0.25) is 5.89 Å². The molecule has 0 spiro atoms. The van der Waals surface area contributed by atoms with Gasteiger partial charge in [-0.15, -0.1) is 0 Å². The zero-order valence-electron chi connectivity index (χ0n) is 20.0. The second-order valence-electron chi connectivity index (χ2n) is 8.79. The summed E-state index contributed by atoms with van der Waals surface area (Å²) in [5, 5.41) is 3.00. The van der Waals surface area contributed by atoms with Crippen LogP contribution in [0, 0.1) is 13.8 Å². The van der Waals surface area contributed by atoms with Gasteiger partial charge in [0.15, 0.2) is 5.69 Å². The Morgan fingerprint density at radius 3 is 2.35 bits per heavy atom. The van der Waals surface area contributed by atoms with E-state index < -0.39 is 0 Å². The monoisotopic (exact) mass is 453 g/mol. The van der Waals surface area contributed by atoms with Gasteiger partial charge >= 0.3 is 0 Å². The minimum absolute atomic E-state index is 0.118. The molecule has 0 radical (unpaired) electrons. The first-order chi connectivity index (χ1) is 16.5. The van der Waals surface area contributed by atoms with Crippen LogP contribution < -0.4 is 5.32 Å². The third-order valence-corrected chi connectivity index (χ3v) is 5.93. The minimum atomic E-state index is -0.240. The van der Waals surface area contributed by atoms with E-state index in [0.717, 1.165) is 18.7 Å². The van der Waals surface area contributed by atoms with Gasteiger partial charge in [-0.25, -0.2) is 4.98 Å². The number of aromatic nitrogens is 1. The molecule has 174 valence electrons. The second-order valence-corrected chi connectivity index (χ2v) is 8.79. The first kappa shape index (κ1) is 23.5. The number of oxazole rings is 1. The van der Waals surface area contributed by atoms with Crippen LogP contribution in [-0.2, 0) is 19.6 Å². The molecule has 1 aromatic heterocycles. The third kappa shape index (κ3) is 6.21. The molecule has 3 aromatic carbocycles. The quantitative estimate of drug-likeness (QED) is 0.338. The van der Waals surface area contributed by atoms with Crippen LogP contribution in [0.3, 0.4) is 0 Å². The maximum atomic E-state index is 12.7. The first-order valence-electron chi connectivity index (χ1n) is 11.6. The molecule has 0 aliphatic carbocycles. The van der Waals surface area contributed by atoms with Gasteiger partial charge in [-0.05, 0) is 43.0 Å². The lowest BCUT2D eigenvalue weighted by molar-refractivity contribution is 0.0934. The molecule has 5 heteroatoms. The molecule has 0 fully saturated rings. The Hall–Kier alpha value is -3.70. The van der Waals surface area contributed by atoms with E-state index in [2.05, 4.69) is 59.4 Å². The lowest BCUT2D eigenvalue weighted by Crippen LogP contribution is -2.27. The van der Waals surface area contributed by atoms with E-state index in [4.69, 9.17) is 4.42 Å². The predicted molar refractivity (Wildman–Crippen MR) is 134 cm³/mol. The number of carbonyl (C=O) groups is 1. The predicted octanol–water partition coefficient (Wildman–Crippen LogP) is 5.98. The summed E-state index contributed by atoms with van der Waals surface area (Å²) in [5.41, 5.74) is 6.34. The van der Waals surface area contributed by atoms with Crippen molar-refractivity contribution >= 4 is 5.91 Å². The number of nitrogens with zero attached hydrogens (tertiary/aromatic N) is 2. The highest BCUT2D eigenvalue weighted by Crippen LogP contribution is 2.18. The van der Waals surface area contributed by atoms with Crippen LogP contribution in [-0.4, -0.2) is 15.8 Å². The van der Waals surface area contributed by atoms with Crippen molar-refractivity contribution in [2.45, 2.75) is 46.4 Å². The Bertz CT molecular complexity index is 1220. The molecular weight excluding hydrogens is 422 g/mol. The summed E-state index contributed by atoms with van der Waals surface area (Å²) in [6.07, 6.45) is 1.44. The van der Waals surface area contributed by atoms with Crippen molar-refractivity contribution in [2.75, 3.05) is 0 Å². The molecular formula is C29H31N3O2. The Morgan fingerprint density at radius 2 is 1.65 bits per heavy atom. The van der Waals surface area contributed by atoms with E-state index in [1.807, 2.05) is 55.5 Å². The fourth-order valence-electron chi connectivity index (χ4n) is 4.05. The highest BCUT2D eigenvalue weighted by molar-refractivity contribution is 5.92. The fourth-order valence-corrected chi connectivity index (χ4v) is 4.05. The third-order valence-electron chi connectivity index (χ3n) is 5.93. The van der Waals surface area contributed by atoms with Crippen LogP contribution in [0.15, 0.2) is 89.5 Å². The second kappa shape index (κ2) is 10.9. The molecule has 34 heavy (non-hydrogen) atoms. The average molecular weight is 454 g/mol. The maximum Gasteiger partial charge on any atom is 0.273 e. The molecule has 0 aliphatic rings. The summed E-state index contributed by atoms with van der Waals surface area (Å²) in [4.78, 5) is 19.5. The largest absolute Gasteiger partial charge is 0.447 e. The molecule has 1 heterocycles. The van der Waals surface area contributed by atoms with Crippen molar-refractivity contribution in [3.05, 3.63) is 125 Å². The highest BCUT2D eigenvalue weighted by Gasteiger charge is 2.18. The van der Waals surface area contributed by atoms with E-state index >= 15 is 0 Å². The number of nitrogens with one attached hydrogen (secondary N) is 1. The molecule has 5 nitrogen and oxygen atoms in total. The van der Waals surface area contributed by atoms with Crippen LogP contribution in [0.2, 0.25) is 0 Å². The molecule has 0 bridgehead atoms. The summed E-state index contributed by atoms with van der Waals surface area (Å²) in [6, 6.07) is 26.6. The van der Waals surface area contributed by atoms with Crippen LogP contribution in [0.5, 0.6) is 0 Å². The molecule has 1 amide bonds. The van der Waals surface area contributed by atoms with Gasteiger partial charge in [-0.3, -0.25) is 9.69 Å². The highest BCUT2D eigenvalue weighted by atomic mass is 16.3. The van der Waals surface area contributed by atoms with Crippen molar-refractivity contribution in [1.29, 1.82) is 0 Å². The average Bonchev–Trinajstić information content (AvgIpc) is 3.31. The van der Waals surface area contributed by atoms with E-state index in [0.29, 0.717) is 18.1 Å². The van der Waals surface area contributed by atoms with E-state index in [1.54, 1.807) is 0 Å². The van der Waals surface area contributed by atoms with Crippen molar-refractivity contribution in [2.24, 2.45) is 0 Å². The smallest absolute Gasteiger partial charge is 0.273 e. The van der Waals surface area contributed by atoms with Gasteiger partial charge in [-0.1, -0.05) is 84.4 Å². The van der Waals surface area contributed by atoms with E-state index in [9.17, 15) is 4.79 Å². The number of aryl methyl sites for hydroxylation is 2. The van der Waals surface area contributed by atoms with Gasteiger partial charge in [0.25, 0.3) is 5.91 Å². The fraction of sp³-hybridized carbons (Fsp3) is 0.241. The van der Waals surface area contributed by atoms with E-state index in [-0.39, 0.29) is 11.9 Å². The first-order valence-corrected chi connectivity index (χ1v) is 11.6. The van der Waals surface area contributed by atoms with Gasteiger partial charge in [0.05, 0.1) is 12.6 Å². The van der Waals surface area contributed by atoms with Crippen LogP contribution in [0.4, 0.5) is 0 Å². The van der Waals surface area contributed by atoms with Gasteiger partial charge in [0, 0.05) is 13.1 Å². The summed E-state index contributed by atoms with van der Waals surface area (Å²) in [7, 11) is 0. The summed E-state index contributed by atoms with van der Waals surface area (Å²) >= 11 is 0. The Kier molecular flexibility index (Phi) is 7.55. The molecule has 1 N–H and O–H groups in total. The number of carbonyl (C=O) groups excluding carboxylic acids is 1. The van der Waals surface area contributed by atoms with Crippen molar-refractivity contribution in [3.8, 4) is 0 Å². The summed E-state index contributed by atoms with van der Waals surface area (Å²) < 4.78 is 5.71. The standard InChI is InChI=1S/C29H31N3O2/c1-21-14-15-26(22(2)16-21)18-32(17-24-10-6-4-7-11-24)19-28-31-27(20-34-28)29(33)30-23(3)25-12-8-5-9-13-25/h4-16,20,23H,17-19H2,1-3H3,(H,30,33). The number of amides is 1. The Labute approximate surface area is 201 Å². The number of hydrogen-bond donors (Lipinski definition) is 1. The summed E-state index contributed by atoms with van der Waals surface area (Å²) in [5.74, 6) is 0.286. The van der Waals surface area contributed by atoms with Crippen LogP contribution >= 0.6 is 0 Å². The lowest BCUT2D eigenvalue weighted by Gasteiger charge is -2.22. The molecule has 0 aliphatic heterocycles. The summed E-state index contributed by atoms with van der Waals surface area (Å²) in [6.45, 7) is 8.23. The molecule has 0 saturated carbocycles. The topological polar surface area (TPSA) is 58.4 Å².